The Morgan fingerprint density at radius 3 is 2.59 bits per heavy atom. The Kier molecular flexibility index (Phi) is 5.95. The molecule has 2 aromatic rings. The number of carboxylic acids is 1. The van der Waals surface area contributed by atoms with Gasteiger partial charge in [0.15, 0.2) is 6.61 Å². The molecule has 27 heavy (non-hydrogen) atoms. The molecule has 0 radical (unpaired) electrons. The minimum atomic E-state index is -3.84. The van der Waals surface area contributed by atoms with Crippen molar-refractivity contribution in [2.45, 2.75) is 30.2 Å². The second-order valence-corrected chi connectivity index (χ2v) is 8.76. The van der Waals surface area contributed by atoms with E-state index in [-0.39, 0.29) is 14.9 Å². The Balaban J connectivity index is 1.89. The highest BCUT2D eigenvalue weighted by Crippen LogP contribution is 2.36. The molecule has 0 saturated heterocycles. The highest BCUT2D eigenvalue weighted by molar-refractivity contribution is 7.89. The van der Waals surface area contributed by atoms with Crippen LogP contribution >= 0.6 is 23.2 Å². The number of hydrogen-bond acceptors (Lipinski definition) is 4. The van der Waals surface area contributed by atoms with Crippen LogP contribution < -0.4 is 9.46 Å². The molecule has 0 aliphatic heterocycles. The highest BCUT2D eigenvalue weighted by atomic mass is 35.5. The maximum absolute atomic E-state index is 12.8. The molecule has 1 aliphatic carbocycles. The molecule has 1 aliphatic rings. The van der Waals surface area contributed by atoms with Crippen molar-refractivity contribution in [1.82, 2.24) is 4.72 Å². The van der Waals surface area contributed by atoms with Gasteiger partial charge in [-0.3, -0.25) is 0 Å². The van der Waals surface area contributed by atoms with Gasteiger partial charge < -0.3 is 9.84 Å². The third kappa shape index (κ3) is 4.73. The summed E-state index contributed by atoms with van der Waals surface area (Å²) in [5.41, 5.74) is 1.60. The summed E-state index contributed by atoms with van der Waals surface area (Å²) in [7, 11) is -3.84. The van der Waals surface area contributed by atoms with E-state index >= 15 is 0 Å². The molecule has 3 rings (SSSR count). The van der Waals surface area contributed by atoms with Gasteiger partial charge in [0.2, 0.25) is 10.0 Å². The van der Waals surface area contributed by atoms with E-state index in [1.54, 1.807) is 12.1 Å². The third-order valence-electron chi connectivity index (χ3n) is 4.26. The number of nitrogens with one attached hydrogen (secondary N) is 1. The van der Waals surface area contributed by atoms with Crippen molar-refractivity contribution in [2.24, 2.45) is 0 Å². The number of carboxylic acid groups (broad SMARTS) is 1. The number of hydrogen-bond donors (Lipinski definition) is 2. The molecule has 0 amide bonds. The zero-order valence-electron chi connectivity index (χ0n) is 14.1. The fourth-order valence-electron chi connectivity index (χ4n) is 3.15. The predicted molar refractivity (Wildman–Crippen MR) is 102 cm³/mol. The number of ether oxygens (including phenoxy) is 1. The first-order chi connectivity index (χ1) is 12.8. The summed E-state index contributed by atoms with van der Waals surface area (Å²) in [5.74, 6) is -0.608. The Hall–Kier alpha value is -1.80. The number of sulfonamides is 1. The number of aliphatic carboxylic acids is 1. The van der Waals surface area contributed by atoms with Gasteiger partial charge in [-0.15, -0.1) is 0 Å². The average molecular weight is 430 g/mol. The van der Waals surface area contributed by atoms with Gasteiger partial charge in [-0.2, -0.15) is 0 Å². The smallest absolute Gasteiger partial charge is 0.341 e. The lowest BCUT2D eigenvalue weighted by Gasteiger charge is -2.27. The molecular formula is C18H17Cl2NO5S. The van der Waals surface area contributed by atoms with E-state index in [2.05, 4.69) is 4.72 Å². The lowest BCUT2D eigenvalue weighted by Crippen LogP contribution is -2.31. The van der Waals surface area contributed by atoms with Crippen molar-refractivity contribution in [2.75, 3.05) is 6.61 Å². The van der Waals surface area contributed by atoms with E-state index in [9.17, 15) is 13.2 Å². The lowest BCUT2D eigenvalue weighted by molar-refractivity contribution is -0.139. The minimum absolute atomic E-state index is 0.00888. The van der Waals surface area contributed by atoms with Crippen LogP contribution in [0.15, 0.2) is 41.3 Å². The van der Waals surface area contributed by atoms with Crippen LogP contribution in [0.3, 0.4) is 0 Å². The van der Waals surface area contributed by atoms with Gasteiger partial charge in [0, 0.05) is 16.1 Å². The zero-order chi connectivity index (χ0) is 19.6. The molecule has 2 aromatic carbocycles. The molecule has 0 fully saturated rings. The van der Waals surface area contributed by atoms with Crippen molar-refractivity contribution in [3.63, 3.8) is 0 Å². The van der Waals surface area contributed by atoms with Gasteiger partial charge in [-0.25, -0.2) is 17.9 Å². The molecule has 1 atom stereocenters. The Morgan fingerprint density at radius 2 is 1.93 bits per heavy atom. The molecule has 9 heteroatoms. The molecule has 0 heterocycles. The van der Waals surface area contributed by atoms with Crippen molar-refractivity contribution in [1.29, 1.82) is 0 Å². The number of rotatable bonds is 6. The third-order valence-corrected chi connectivity index (χ3v) is 6.15. The number of fused-ring (bicyclic) bond motifs is 1. The van der Waals surface area contributed by atoms with Gasteiger partial charge in [-0.05, 0) is 54.7 Å². The van der Waals surface area contributed by atoms with Crippen LogP contribution in [-0.2, 0) is 21.2 Å². The number of halogens is 2. The van der Waals surface area contributed by atoms with Crippen LogP contribution in [0.4, 0.5) is 0 Å². The largest absolute Gasteiger partial charge is 0.482 e. The summed E-state index contributed by atoms with van der Waals surface area (Å²) in [5, 5.41) is 9.28. The highest BCUT2D eigenvalue weighted by Gasteiger charge is 2.28. The second kappa shape index (κ2) is 8.06. The lowest BCUT2D eigenvalue weighted by atomic mass is 9.87. The van der Waals surface area contributed by atoms with E-state index < -0.39 is 28.6 Å². The fourth-order valence-corrected chi connectivity index (χ4v) is 5.13. The summed E-state index contributed by atoms with van der Waals surface area (Å²) in [6.45, 7) is -0.451. The van der Waals surface area contributed by atoms with E-state index in [0.29, 0.717) is 18.6 Å². The molecule has 1 unspecified atom stereocenters. The molecule has 144 valence electrons. The maximum atomic E-state index is 12.8. The van der Waals surface area contributed by atoms with Gasteiger partial charge in [-0.1, -0.05) is 35.3 Å². The molecule has 0 aromatic heterocycles. The van der Waals surface area contributed by atoms with E-state index in [1.165, 1.54) is 18.2 Å². The molecule has 2 N–H and O–H groups in total. The summed E-state index contributed by atoms with van der Waals surface area (Å²) >= 11 is 11.8. The van der Waals surface area contributed by atoms with Crippen LogP contribution in [0.5, 0.6) is 5.75 Å². The van der Waals surface area contributed by atoms with Crippen LogP contribution in [0.2, 0.25) is 10.0 Å². The fraction of sp³-hybridized carbons (Fsp3) is 0.278. The van der Waals surface area contributed by atoms with Crippen LogP contribution in [0.25, 0.3) is 0 Å². The SMILES string of the molecule is O=C(O)COc1cccc2c1CCCC2NS(=O)(=O)c1cc(Cl)cc(Cl)c1. The molecule has 6 nitrogen and oxygen atoms in total. The number of benzene rings is 2. The minimum Gasteiger partial charge on any atom is -0.482 e. The molecular weight excluding hydrogens is 413 g/mol. The van der Waals surface area contributed by atoms with Crippen molar-refractivity contribution >= 4 is 39.2 Å². The van der Waals surface area contributed by atoms with E-state index in [4.69, 9.17) is 33.0 Å². The van der Waals surface area contributed by atoms with Crippen LogP contribution in [0, 0.1) is 0 Å². The van der Waals surface area contributed by atoms with Gasteiger partial charge in [0.25, 0.3) is 0 Å². The van der Waals surface area contributed by atoms with E-state index in [1.807, 2.05) is 6.07 Å². The zero-order valence-corrected chi connectivity index (χ0v) is 16.4. The molecule has 0 bridgehead atoms. The summed E-state index contributed by atoms with van der Waals surface area (Å²) < 4.78 is 33.6. The molecule has 0 spiro atoms. The van der Waals surface area contributed by atoms with Gasteiger partial charge in [0.05, 0.1) is 4.90 Å². The first kappa shape index (κ1) is 19.9. The Labute approximate surface area is 167 Å². The van der Waals surface area contributed by atoms with Gasteiger partial charge >= 0.3 is 5.97 Å². The van der Waals surface area contributed by atoms with Crippen molar-refractivity contribution < 1.29 is 23.1 Å². The summed E-state index contributed by atoms with van der Waals surface area (Å²) in [4.78, 5) is 10.8. The second-order valence-electron chi connectivity index (χ2n) is 6.18. The first-order valence-electron chi connectivity index (χ1n) is 8.21. The van der Waals surface area contributed by atoms with Crippen LogP contribution in [0.1, 0.15) is 30.0 Å². The average Bonchev–Trinajstić information content (AvgIpc) is 2.59. The van der Waals surface area contributed by atoms with Crippen LogP contribution in [-0.4, -0.2) is 26.1 Å². The molecule has 0 saturated carbocycles. The topological polar surface area (TPSA) is 92.7 Å². The maximum Gasteiger partial charge on any atom is 0.341 e. The first-order valence-corrected chi connectivity index (χ1v) is 10.4. The van der Waals surface area contributed by atoms with Gasteiger partial charge in [0.1, 0.15) is 5.75 Å². The standard InChI is InChI=1S/C18H17Cl2NO5S/c19-11-7-12(20)9-13(8-11)27(24,25)21-16-5-1-4-15-14(16)3-2-6-17(15)26-10-18(22)23/h2-3,6-9,16,21H,1,4-5,10H2,(H,22,23). The quantitative estimate of drug-likeness (QED) is 0.727. The monoisotopic (exact) mass is 429 g/mol. The van der Waals surface area contributed by atoms with Crippen molar-refractivity contribution in [3.8, 4) is 5.75 Å². The predicted octanol–water partition coefficient (Wildman–Crippen LogP) is 3.81. The Morgan fingerprint density at radius 1 is 1.22 bits per heavy atom. The Bertz CT molecular complexity index is 957. The normalized spacial score (nSPS) is 16.6. The van der Waals surface area contributed by atoms with E-state index in [0.717, 1.165) is 17.5 Å². The number of carbonyl (C=O) groups is 1. The summed E-state index contributed by atoms with van der Waals surface area (Å²) in [6, 6.07) is 8.92. The summed E-state index contributed by atoms with van der Waals surface area (Å²) in [6.07, 6.45) is 2.04. The van der Waals surface area contributed by atoms with Crippen molar-refractivity contribution in [3.05, 3.63) is 57.6 Å².